The molecule has 0 atom stereocenters. The van der Waals surface area contributed by atoms with Crippen molar-refractivity contribution in [1.82, 2.24) is 13.5 Å². The number of methoxy groups -OCH3 is 1. The number of esters is 1. The first-order chi connectivity index (χ1) is 17.9. The SMILES string of the molecule is CCCCc1nn(S(=O)(=O)N(C)C)c(COC)c1Cc1ccc(-c2ccccc2C(=O)OC(C)(C)C)cc1. The second kappa shape index (κ2) is 12.2. The molecule has 0 saturated heterocycles. The quantitative estimate of drug-likeness (QED) is 0.309. The van der Waals surface area contributed by atoms with E-state index in [1.807, 2.05) is 63.2 Å². The van der Waals surface area contributed by atoms with Gasteiger partial charge in [0.2, 0.25) is 0 Å². The van der Waals surface area contributed by atoms with Gasteiger partial charge in [-0.3, -0.25) is 0 Å². The van der Waals surface area contributed by atoms with Gasteiger partial charge in [0.1, 0.15) is 5.60 Å². The number of aryl methyl sites for hydroxylation is 1. The number of ether oxygens (including phenoxy) is 2. The molecule has 8 nitrogen and oxygen atoms in total. The summed E-state index contributed by atoms with van der Waals surface area (Å²) in [6.45, 7) is 7.77. The maximum atomic E-state index is 13.0. The van der Waals surface area contributed by atoms with Crippen LogP contribution in [-0.4, -0.2) is 54.7 Å². The molecule has 1 aromatic heterocycles. The van der Waals surface area contributed by atoms with Gasteiger partial charge in [0.15, 0.2) is 0 Å². The summed E-state index contributed by atoms with van der Waals surface area (Å²) in [4.78, 5) is 12.8. The normalized spacial score (nSPS) is 12.2. The average molecular weight is 542 g/mol. The molecule has 3 aromatic rings. The molecule has 206 valence electrons. The van der Waals surface area contributed by atoms with Crippen LogP contribution >= 0.6 is 0 Å². The number of nitrogens with zero attached hydrogens (tertiary/aromatic N) is 3. The Bertz CT molecular complexity index is 1350. The molecule has 0 N–H and O–H groups in total. The summed E-state index contributed by atoms with van der Waals surface area (Å²) in [5.41, 5.74) is 4.78. The molecule has 0 aliphatic heterocycles. The summed E-state index contributed by atoms with van der Waals surface area (Å²) in [6.07, 6.45) is 3.06. The first-order valence-electron chi connectivity index (χ1n) is 12.8. The minimum atomic E-state index is -3.80. The number of aromatic nitrogens is 2. The minimum absolute atomic E-state index is 0.128. The van der Waals surface area contributed by atoms with Crippen molar-refractivity contribution in [2.45, 2.75) is 65.6 Å². The molecule has 0 fully saturated rings. The second-order valence-corrected chi connectivity index (χ2v) is 12.4. The largest absolute Gasteiger partial charge is 0.456 e. The van der Waals surface area contributed by atoms with E-state index in [4.69, 9.17) is 9.47 Å². The fraction of sp³-hybridized carbons (Fsp3) is 0.448. The van der Waals surface area contributed by atoms with Gasteiger partial charge in [-0.25, -0.2) is 4.79 Å². The summed E-state index contributed by atoms with van der Waals surface area (Å²) < 4.78 is 39.3. The number of carbonyl (C=O) groups excluding carboxylic acids is 1. The van der Waals surface area contributed by atoms with Gasteiger partial charge in [0, 0.05) is 33.2 Å². The van der Waals surface area contributed by atoms with E-state index in [0.29, 0.717) is 24.1 Å². The van der Waals surface area contributed by atoms with Crippen LogP contribution in [-0.2, 0) is 39.1 Å². The van der Waals surface area contributed by atoms with Gasteiger partial charge >= 0.3 is 16.2 Å². The zero-order chi connectivity index (χ0) is 28.1. The summed E-state index contributed by atoms with van der Waals surface area (Å²) in [5.74, 6) is -0.364. The van der Waals surface area contributed by atoms with Gasteiger partial charge in [0.05, 0.1) is 23.6 Å². The number of rotatable bonds is 11. The van der Waals surface area contributed by atoms with E-state index in [0.717, 1.165) is 49.2 Å². The van der Waals surface area contributed by atoms with E-state index in [1.165, 1.54) is 14.1 Å². The maximum Gasteiger partial charge on any atom is 0.339 e. The molecule has 0 spiro atoms. The number of unbranched alkanes of at least 4 members (excludes halogenated alkanes) is 1. The maximum absolute atomic E-state index is 13.0. The highest BCUT2D eigenvalue weighted by atomic mass is 32.2. The zero-order valence-corrected chi connectivity index (χ0v) is 24.3. The zero-order valence-electron chi connectivity index (χ0n) is 23.4. The molecule has 0 radical (unpaired) electrons. The van der Waals surface area contributed by atoms with Gasteiger partial charge in [-0.2, -0.15) is 17.8 Å². The van der Waals surface area contributed by atoms with E-state index in [-0.39, 0.29) is 12.6 Å². The van der Waals surface area contributed by atoms with Crippen LogP contribution in [0.25, 0.3) is 11.1 Å². The molecule has 2 aromatic carbocycles. The Morgan fingerprint density at radius 1 is 1.05 bits per heavy atom. The van der Waals surface area contributed by atoms with Crippen LogP contribution < -0.4 is 0 Å². The van der Waals surface area contributed by atoms with Crippen LogP contribution in [0.4, 0.5) is 0 Å². The smallest absolute Gasteiger partial charge is 0.339 e. The van der Waals surface area contributed by atoms with Crippen LogP contribution in [0.3, 0.4) is 0 Å². The van der Waals surface area contributed by atoms with Gasteiger partial charge < -0.3 is 9.47 Å². The molecule has 0 saturated carbocycles. The summed E-state index contributed by atoms with van der Waals surface area (Å²) >= 11 is 0. The van der Waals surface area contributed by atoms with Gasteiger partial charge in [-0.1, -0.05) is 55.8 Å². The highest BCUT2D eigenvalue weighted by molar-refractivity contribution is 7.87. The Balaban J connectivity index is 1.99. The monoisotopic (exact) mass is 541 g/mol. The highest BCUT2D eigenvalue weighted by Gasteiger charge is 2.27. The fourth-order valence-electron chi connectivity index (χ4n) is 4.14. The van der Waals surface area contributed by atoms with Crippen LogP contribution in [0.15, 0.2) is 48.5 Å². The Morgan fingerprint density at radius 3 is 2.29 bits per heavy atom. The van der Waals surface area contributed by atoms with Crippen molar-refractivity contribution >= 4 is 16.2 Å². The molecule has 0 amide bonds. The van der Waals surface area contributed by atoms with Crippen LogP contribution in [0.5, 0.6) is 0 Å². The summed E-state index contributed by atoms with van der Waals surface area (Å²) in [6, 6.07) is 15.3. The van der Waals surface area contributed by atoms with E-state index in [9.17, 15) is 13.2 Å². The third-order valence-electron chi connectivity index (χ3n) is 6.06. The standard InChI is InChI=1S/C29H39N3O5S/c1-8-9-14-26-25(27(20-36-7)32(30-26)38(34,35)31(5)6)19-21-15-17-22(18-16-21)23-12-10-11-13-24(23)28(33)37-29(2,3)4/h10-13,15-18H,8-9,14,19-20H2,1-7H3. The molecule has 0 aliphatic rings. The van der Waals surface area contributed by atoms with E-state index in [2.05, 4.69) is 12.0 Å². The average Bonchev–Trinajstić information content (AvgIpc) is 3.19. The van der Waals surface area contributed by atoms with E-state index < -0.39 is 15.8 Å². The van der Waals surface area contributed by atoms with Gasteiger partial charge in [-0.05, 0) is 56.4 Å². The predicted octanol–water partition coefficient (Wildman–Crippen LogP) is 5.24. The Morgan fingerprint density at radius 2 is 1.71 bits per heavy atom. The molecular weight excluding hydrogens is 502 g/mol. The molecular formula is C29H39N3O5S. The lowest BCUT2D eigenvalue weighted by molar-refractivity contribution is 0.00704. The predicted molar refractivity (Wildman–Crippen MR) is 149 cm³/mol. The minimum Gasteiger partial charge on any atom is -0.456 e. The molecule has 0 unspecified atom stereocenters. The Hall–Kier alpha value is -3.01. The first-order valence-corrected chi connectivity index (χ1v) is 14.2. The second-order valence-electron chi connectivity index (χ2n) is 10.5. The van der Waals surface area contributed by atoms with Crippen molar-refractivity contribution in [2.75, 3.05) is 21.2 Å². The van der Waals surface area contributed by atoms with E-state index >= 15 is 0 Å². The number of hydrogen-bond acceptors (Lipinski definition) is 6. The van der Waals surface area contributed by atoms with Crippen molar-refractivity contribution in [1.29, 1.82) is 0 Å². The Kier molecular flexibility index (Phi) is 9.51. The summed E-state index contributed by atoms with van der Waals surface area (Å²) in [5, 5.41) is 4.54. The topological polar surface area (TPSA) is 90.7 Å². The highest BCUT2D eigenvalue weighted by Crippen LogP contribution is 2.28. The lowest BCUT2D eigenvalue weighted by Crippen LogP contribution is -2.31. The molecule has 0 bridgehead atoms. The molecule has 0 aliphatic carbocycles. The van der Waals surface area contributed by atoms with Gasteiger partial charge in [0.25, 0.3) is 0 Å². The van der Waals surface area contributed by atoms with Crippen molar-refractivity contribution in [2.24, 2.45) is 0 Å². The van der Waals surface area contributed by atoms with Crippen LogP contribution in [0.1, 0.15) is 73.4 Å². The Labute approximate surface area is 226 Å². The number of carbonyl (C=O) groups is 1. The van der Waals surface area contributed by atoms with Crippen LogP contribution in [0, 0.1) is 0 Å². The number of benzene rings is 2. The van der Waals surface area contributed by atoms with Gasteiger partial charge in [-0.15, -0.1) is 4.09 Å². The van der Waals surface area contributed by atoms with Crippen molar-refractivity contribution in [3.05, 3.63) is 76.6 Å². The third-order valence-corrected chi connectivity index (χ3v) is 7.72. The lowest BCUT2D eigenvalue weighted by Gasteiger charge is -2.20. The molecule has 38 heavy (non-hydrogen) atoms. The fourth-order valence-corrected chi connectivity index (χ4v) is 5.09. The van der Waals surface area contributed by atoms with Crippen molar-refractivity contribution in [3.8, 4) is 11.1 Å². The number of hydrogen-bond donors (Lipinski definition) is 0. The van der Waals surface area contributed by atoms with Crippen LogP contribution in [0.2, 0.25) is 0 Å². The first kappa shape index (κ1) is 29.5. The van der Waals surface area contributed by atoms with Crippen molar-refractivity contribution < 1.29 is 22.7 Å². The lowest BCUT2D eigenvalue weighted by atomic mass is 9.96. The third kappa shape index (κ3) is 6.89. The summed E-state index contributed by atoms with van der Waals surface area (Å²) in [7, 11) is 0.731. The molecule has 9 heteroatoms. The molecule has 1 heterocycles. The van der Waals surface area contributed by atoms with E-state index in [1.54, 1.807) is 13.2 Å². The molecule has 3 rings (SSSR count). The van der Waals surface area contributed by atoms with Crippen molar-refractivity contribution in [3.63, 3.8) is 0 Å².